The maximum Gasteiger partial charge on any atom is 0.317 e. The van der Waals surface area contributed by atoms with Gasteiger partial charge in [-0.2, -0.15) is 0 Å². The van der Waals surface area contributed by atoms with Gasteiger partial charge < -0.3 is 15.3 Å². The highest BCUT2D eigenvalue weighted by atomic mass is 19.1. The topological polar surface area (TPSA) is 69.6 Å². The number of rotatable bonds is 5. The minimum Gasteiger partial charge on any atom is -0.481 e. The second kappa shape index (κ2) is 6.88. The number of nitrogens with one attached hydrogen (secondary N) is 1. The van der Waals surface area contributed by atoms with Crippen LogP contribution >= 0.6 is 0 Å². The first-order valence-electron chi connectivity index (χ1n) is 6.30. The summed E-state index contributed by atoms with van der Waals surface area (Å²) in [6.45, 7) is 3.58. The van der Waals surface area contributed by atoms with E-state index in [0.29, 0.717) is 5.56 Å². The fraction of sp³-hybridized carbons (Fsp3) is 0.429. The Bertz CT molecular complexity index is 505. The fourth-order valence-electron chi connectivity index (χ4n) is 1.68. The van der Waals surface area contributed by atoms with Crippen LogP contribution in [-0.2, 0) is 4.79 Å². The lowest BCUT2D eigenvalue weighted by atomic mass is 10.1. The summed E-state index contributed by atoms with van der Waals surface area (Å²) in [4.78, 5) is 23.6. The molecule has 1 aromatic carbocycles. The summed E-state index contributed by atoms with van der Waals surface area (Å²) >= 11 is 0. The molecule has 1 atom stereocenters. The number of urea groups is 1. The minimum absolute atomic E-state index is 0.103. The van der Waals surface area contributed by atoms with E-state index in [9.17, 15) is 14.0 Å². The first kappa shape index (κ1) is 15.9. The zero-order valence-corrected chi connectivity index (χ0v) is 11.8. The van der Waals surface area contributed by atoms with Crippen molar-refractivity contribution in [3.8, 4) is 0 Å². The molecule has 110 valence electrons. The van der Waals surface area contributed by atoms with Crippen molar-refractivity contribution in [3.63, 3.8) is 0 Å². The molecule has 0 heterocycles. The smallest absolute Gasteiger partial charge is 0.317 e. The third kappa shape index (κ3) is 4.53. The van der Waals surface area contributed by atoms with E-state index in [-0.39, 0.29) is 30.9 Å². The number of nitrogens with zero attached hydrogens (tertiary/aromatic N) is 1. The van der Waals surface area contributed by atoms with Gasteiger partial charge in [-0.25, -0.2) is 9.18 Å². The van der Waals surface area contributed by atoms with Gasteiger partial charge in [-0.15, -0.1) is 0 Å². The lowest BCUT2D eigenvalue weighted by Gasteiger charge is -2.21. The van der Waals surface area contributed by atoms with E-state index in [0.717, 1.165) is 5.56 Å². The van der Waals surface area contributed by atoms with Crippen LogP contribution in [0.15, 0.2) is 18.2 Å². The monoisotopic (exact) mass is 282 g/mol. The molecule has 0 aliphatic rings. The number of hydrogen-bond donors (Lipinski definition) is 2. The number of carboxylic acid groups (broad SMARTS) is 1. The second-order valence-corrected chi connectivity index (χ2v) is 4.75. The number of halogens is 1. The van der Waals surface area contributed by atoms with Crippen LogP contribution in [0.3, 0.4) is 0 Å². The van der Waals surface area contributed by atoms with Gasteiger partial charge in [0.1, 0.15) is 5.82 Å². The Kier molecular flexibility index (Phi) is 5.49. The van der Waals surface area contributed by atoms with Crippen LogP contribution in [0.2, 0.25) is 0 Å². The van der Waals surface area contributed by atoms with Crippen molar-refractivity contribution in [2.75, 3.05) is 13.6 Å². The number of aliphatic carboxylic acids is 1. The molecular formula is C14H19FN2O3. The van der Waals surface area contributed by atoms with Crippen LogP contribution in [0.25, 0.3) is 0 Å². The number of amides is 2. The van der Waals surface area contributed by atoms with E-state index in [2.05, 4.69) is 5.32 Å². The van der Waals surface area contributed by atoms with Crippen molar-refractivity contribution >= 4 is 12.0 Å². The largest absolute Gasteiger partial charge is 0.481 e. The number of carboxylic acids is 1. The quantitative estimate of drug-likeness (QED) is 0.870. The van der Waals surface area contributed by atoms with Gasteiger partial charge in [0.25, 0.3) is 0 Å². The zero-order valence-electron chi connectivity index (χ0n) is 11.8. The van der Waals surface area contributed by atoms with Crippen LogP contribution in [0.4, 0.5) is 9.18 Å². The summed E-state index contributed by atoms with van der Waals surface area (Å²) in [5.41, 5.74) is 1.31. The molecule has 0 radical (unpaired) electrons. The summed E-state index contributed by atoms with van der Waals surface area (Å²) in [6.07, 6.45) is -0.103. The summed E-state index contributed by atoms with van der Waals surface area (Å²) in [5.74, 6) is -1.24. The molecule has 1 aromatic rings. The molecule has 0 spiro atoms. The normalized spacial score (nSPS) is 11.8. The summed E-state index contributed by atoms with van der Waals surface area (Å²) in [7, 11) is 1.53. The highest BCUT2D eigenvalue weighted by Gasteiger charge is 2.14. The molecule has 0 aromatic heterocycles. The third-order valence-electron chi connectivity index (χ3n) is 3.03. The standard InChI is InChI=1S/C14H19FN2O3/c1-9-8-11(4-5-12(9)15)10(2)16-14(20)17(3)7-6-13(18)19/h4-5,8,10H,6-7H2,1-3H3,(H,16,20)(H,18,19)/t10-/m1/s1. The number of benzene rings is 1. The van der Waals surface area contributed by atoms with E-state index in [4.69, 9.17) is 5.11 Å². The molecule has 1 rings (SSSR count). The van der Waals surface area contributed by atoms with Gasteiger partial charge in [0.05, 0.1) is 12.5 Å². The Morgan fingerprint density at radius 2 is 2.10 bits per heavy atom. The highest BCUT2D eigenvalue weighted by molar-refractivity contribution is 5.75. The van der Waals surface area contributed by atoms with Crippen molar-refractivity contribution in [1.82, 2.24) is 10.2 Å². The van der Waals surface area contributed by atoms with Crippen LogP contribution in [0, 0.1) is 12.7 Å². The highest BCUT2D eigenvalue weighted by Crippen LogP contribution is 2.16. The van der Waals surface area contributed by atoms with E-state index >= 15 is 0 Å². The van der Waals surface area contributed by atoms with E-state index in [1.54, 1.807) is 26.0 Å². The van der Waals surface area contributed by atoms with Gasteiger partial charge >= 0.3 is 12.0 Å². The molecule has 0 aliphatic heterocycles. The fourth-order valence-corrected chi connectivity index (χ4v) is 1.68. The molecule has 0 unspecified atom stereocenters. The minimum atomic E-state index is -0.952. The Hall–Kier alpha value is -2.11. The number of carbonyl (C=O) groups is 2. The molecule has 0 aliphatic carbocycles. The first-order chi connectivity index (χ1) is 9.31. The van der Waals surface area contributed by atoms with E-state index in [1.807, 2.05) is 0 Å². The van der Waals surface area contributed by atoms with Gasteiger partial charge in [0.15, 0.2) is 0 Å². The molecule has 0 bridgehead atoms. The maximum atomic E-state index is 13.2. The van der Waals surface area contributed by atoms with Gasteiger partial charge in [0, 0.05) is 13.6 Å². The summed E-state index contributed by atoms with van der Waals surface area (Å²) in [6, 6.07) is 4.01. The molecule has 0 saturated heterocycles. The molecule has 20 heavy (non-hydrogen) atoms. The molecule has 6 heteroatoms. The zero-order chi connectivity index (χ0) is 15.3. The number of hydrogen-bond acceptors (Lipinski definition) is 2. The van der Waals surface area contributed by atoms with Crippen LogP contribution in [0.5, 0.6) is 0 Å². The van der Waals surface area contributed by atoms with Crippen molar-refractivity contribution in [1.29, 1.82) is 0 Å². The van der Waals surface area contributed by atoms with E-state index < -0.39 is 5.97 Å². The van der Waals surface area contributed by atoms with Crippen molar-refractivity contribution in [2.45, 2.75) is 26.3 Å². The van der Waals surface area contributed by atoms with Gasteiger partial charge in [-0.05, 0) is 31.0 Å². The Balaban J connectivity index is 2.60. The number of carbonyl (C=O) groups excluding carboxylic acids is 1. The Morgan fingerprint density at radius 3 is 2.65 bits per heavy atom. The number of aryl methyl sites for hydroxylation is 1. The predicted octanol–water partition coefficient (Wildman–Crippen LogP) is 2.31. The SMILES string of the molecule is Cc1cc([C@@H](C)NC(=O)N(C)CCC(=O)O)ccc1F. The lowest BCUT2D eigenvalue weighted by molar-refractivity contribution is -0.137. The lowest BCUT2D eigenvalue weighted by Crippen LogP contribution is -2.39. The van der Waals surface area contributed by atoms with Crippen molar-refractivity contribution < 1.29 is 19.1 Å². The van der Waals surface area contributed by atoms with Gasteiger partial charge in [-0.3, -0.25) is 4.79 Å². The van der Waals surface area contributed by atoms with Crippen molar-refractivity contribution in [2.24, 2.45) is 0 Å². The molecular weight excluding hydrogens is 263 g/mol. The summed E-state index contributed by atoms with van der Waals surface area (Å²) < 4.78 is 13.2. The van der Waals surface area contributed by atoms with Crippen LogP contribution in [-0.4, -0.2) is 35.6 Å². The average molecular weight is 282 g/mol. The molecule has 0 saturated carbocycles. The van der Waals surface area contributed by atoms with Gasteiger partial charge in [-0.1, -0.05) is 12.1 Å². The third-order valence-corrected chi connectivity index (χ3v) is 3.03. The molecule has 5 nitrogen and oxygen atoms in total. The summed E-state index contributed by atoms with van der Waals surface area (Å²) in [5, 5.41) is 11.3. The second-order valence-electron chi connectivity index (χ2n) is 4.75. The van der Waals surface area contributed by atoms with Gasteiger partial charge in [0.2, 0.25) is 0 Å². The van der Waals surface area contributed by atoms with E-state index in [1.165, 1.54) is 18.0 Å². The Morgan fingerprint density at radius 1 is 1.45 bits per heavy atom. The molecule has 0 fully saturated rings. The first-order valence-corrected chi connectivity index (χ1v) is 6.30. The van der Waals surface area contributed by atoms with Crippen molar-refractivity contribution in [3.05, 3.63) is 35.1 Å². The predicted molar refractivity (Wildman–Crippen MR) is 73.0 cm³/mol. The molecule has 2 N–H and O–H groups in total. The Labute approximate surface area is 117 Å². The maximum absolute atomic E-state index is 13.2. The van der Waals surface area contributed by atoms with Crippen LogP contribution < -0.4 is 5.32 Å². The average Bonchev–Trinajstić information content (AvgIpc) is 2.38. The van der Waals surface area contributed by atoms with Crippen LogP contribution in [0.1, 0.15) is 30.5 Å². The molecule has 2 amide bonds.